The maximum atomic E-state index is 12.1. The van der Waals surface area contributed by atoms with Crippen LogP contribution in [-0.4, -0.2) is 37.2 Å². The average Bonchev–Trinajstić information content (AvgIpc) is 2.99. The van der Waals surface area contributed by atoms with E-state index in [1.807, 2.05) is 0 Å². The molecule has 0 radical (unpaired) electrons. The normalized spacial score (nSPS) is 40.4. The van der Waals surface area contributed by atoms with Crippen LogP contribution in [0.5, 0.6) is 0 Å². The second kappa shape index (κ2) is 4.07. The van der Waals surface area contributed by atoms with Crippen LogP contribution in [0.1, 0.15) is 19.8 Å². The number of carbonyl (C=O) groups is 3. The van der Waals surface area contributed by atoms with Gasteiger partial charge in [0.05, 0.1) is 7.11 Å². The Morgan fingerprint density at radius 2 is 2.15 bits per heavy atom. The van der Waals surface area contributed by atoms with Crippen LogP contribution in [0, 0.1) is 17.3 Å². The van der Waals surface area contributed by atoms with Gasteiger partial charge in [0.25, 0.3) is 0 Å². The first-order valence-electron chi connectivity index (χ1n) is 6.57. The van der Waals surface area contributed by atoms with Crippen molar-refractivity contribution in [3.05, 3.63) is 12.2 Å². The lowest BCUT2D eigenvalue weighted by Gasteiger charge is -2.29. The van der Waals surface area contributed by atoms with Crippen LogP contribution in [0.2, 0.25) is 0 Å². The third kappa shape index (κ3) is 1.42. The number of rotatable bonds is 3. The van der Waals surface area contributed by atoms with Crippen molar-refractivity contribution >= 4 is 17.9 Å². The van der Waals surface area contributed by atoms with Crippen LogP contribution in [0.3, 0.4) is 0 Å². The third-order valence-electron chi connectivity index (χ3n) is 4.71. The van der Waals surface area contributed by atoms with E-state index in [9.17, 15) is 14.4 Å². The van der Waals surface area contributed by atoms with Crippen molar-refractivity contribution < 1.29 is 28.6 Å². The Balaban J connectivity index is 1.86. The minimum atomic E-state index is -1.18. The van der Waals surface area contributed by atoms with Crippen molar-refractivity contribution in [3.8, 4) is 0 Å². The molecule has 2 bridgehead atoms. The highest BCUT2D eigenvalue weighted by Gasteiger charge is 2.75. The Hall–Kier alpha value is -1.85. The van der Waals surface area contributed by atoms with Crippen LogP contribution < -0.4 is 0 Å². The second-order valence-electron chi connectivity index (χ2n) is 5.79. The van der Waals surface area contributed by atoms with Crippen molar-refractivity contribution in [2.24, 2.45) is 17.3 Å². The van der Waals surface area contributed by atoms with Gasteiger partial charge < -0.3 is 14.2 Å². The molecule has 1 heterocycles. The van der Waals surface area contributed by atoms with Gasteiger partial charge in [-0.15, -0.1) is 0 Å². The Morgan fingerprint density at radius 1 is 1.45 bits per heavy atom. The minimum absolute atomic E-state index is 0.0427. The van der Waals surface area contributed by atoms with Gasteiger partial charge in [-0.2, -0.15) is 0 Å². The second-order valence-corrected chi connectivity index (χ2v) is 5.79. The van der Waals surface area contributed by atoms with E-state index in [4.69, 9.17) is 14.2 Å². The molecule has 3 aliphatic rings. The molecule has 2 saturated carbocycles. The first-order chi connectivity index (χ1) is 9.41. The van der Waals surface area contributed by atoms with Crippen LogP contribution in [0.15, 0.2) is 12.2 Å². The molecule has 3 fully saturated rings. The van der Waals surface area contributed by atoms with E-state index < -0.39 is 35.5 Å². The smallest absolute Gasteiger partial charge is 0.333 e. The first kappa shape index (κ1) is 13.1. The maximum absolute atomic E-state index is 12.1. The summed E-state index contributed by atoms with van der Waals surface area (Å²) in [6.45, 7) is 5.10. The van der Waals surface area contributed by atoms with Gasteiger partial charge >= 0.3 is 17.9 Å². The molecule has 20 heavy (non-hydrogen) atoms. The van der Waals surface area contributed by atoms with Gasteiger partial charge in [0.15, 0.2) is 5.41 Å². The van der Waals surface area contributed by atoms with E-state index >= 15 is 0 Å². The van der Waals surface area contributed by atoms with Gasteiger partial charge in [-0.25, -0.2) is 4.79 Å². The lowest BCUT2D eigenvalue weighted by Crippen LogP contribution is -2.45. The summed E-state index contributed by atoms with van der Waals surface area (Å²) < 4.78 is 15.5. The quantitative estimate of drug-likeness (QED) is 0.326. The van der Waals surface area contributed by atoms with Crippen LogP contribution in [-0.2, 0) is 28.6 Å². The van der Waals surface area contributed by atoms with Crippen molar-refractivity contribution in [3.63, 3.8) is 0 Å². The Kier molecular flexibility index (Phi) is 2.68. The summed E-state index contributed by atoms with van der Waals surface area (Å²) in [5, 5.41) is 0. The highest BCUT2D eigenvalue weighted by atomic mass is 16.6. The standard InChI is InChI=1S/C14H16O6/c1-6(2)11(15)19-9-7-4-8-10(9)20-13(17)14(8,5-7)12(16)18-3/h7-10H,1,4-5H2,2-3H3. The summed E-state index contributed by atoms with van der Waals surface area (Å²) in [7, 11) is 1.27. The summed E-state index contributed by atoms with van der Waals surface area (Å²) in [4.78, 5) is 35.7. The topological polar surface area (TPSA) is 78.9 Å². The Labute approximate surface area is 116 Å². The highest BCUT2D eigenvalue weighted by molar-refractivity contribution is 6.03. The molecule has 0 spiro atoms. The average molecular weight is 280 g/mol. The molecule has 2 aliphatic carbocycles. The summed E-state index contributed by atoms with van der Waals surface area (Å²) in [6, 6.07) is 0. The minimum Gasteiger partial charge on any atom is -0.468 e. The lowest BCUT2D eigenvalue weighted by molar-refractivity contribution is -0.163. The van der Waals surface area contributed by atoms with Gasteiger partial charge in [-0.05, 0) is 19.8 Å². The van der Waals surface area contributed by atoms with E-state index in [1.54, 1.807) is 6.92 Å². The Morgan fingerprint density at radius 3 is 2.75 bits per heavy atom. The Bertz CT molecular complexity index is 524. The molecule has 0 amide bonds. The van der Waals surface area contributed by atoms with E-state index in [-0.39, 0.29) is 11.8 Å². The van der Waals surface area contributed by atoms with E-state index in [0.717, 1.165) is 0 Å². The highest BCUT2D eigenvalue weighted by Crippen LogP contribution is 2.62. The molecule has 0 aromatic carbocycles. The monoisotopic (exact) mass is 280 g/mol. The zero-order valence-electron chi connectivity index (χ0n) is 11.4. The molecule has 1 aliphatic heterocycles. The molecule has 5 atom stereocenters. The van der Waals surface area contributed by atoms with Crippen LogP contribution >= 0.6 is 0 Å². The third-order valence-corrected chi connectivity index (χ3v) is 4.71. The molecule has 0 aromatic heterocycles. The number of hydrogen-bond donors (Lipinski definition) is 0. The van der Waals surface area contributed by atoms with Gasteiger partial charge in [0, 0.05) is 17.4 Å². The van der Waals surface area contributed by atoms with Crippen LogP contribution in [0.4, 0.5) is 0 Å². The predicted octanol–water partition coefficient (Wildman–Crippen LogP) is 0.599. The summed E-state index contributed by atoms with van der Waals surface area (Å²) in [5.41, 5.74) is -0.882. The van der Waals surface area contributed by atoms with Crippen LogP contribution in [0.25, 0.3) is 0 Å². The number of fused-ring (bicyclic) bond motifs is 1. The fraction of sp³-hybridized carbons (Fsp3) is 0.643. The maximum Gasteiger partial charge on any atom is 0.333 e. The zero-order valence-corrected chi connectivity index (χ0v) is 11.4. The number of methoxy groups -OCH3 is 1. The molecular formula is C14H16O6. The molecule has 6 heteroatoms. The molecule has 0 aromatic rings. The number of ether oxygens (including phenoxy) is 3. The largest absolute Gasteiger partial charge is 0.468 e. The molecule has 108 valence electrons. The first-order valence-corrected chi connectivity index (χ1v) is 6.57. The molecule has 1 saturated heterocycles. The van der Waals surface area contributed by atoms with E-state index in [0.29, 0.717) is 18.4 Å². The van der Waals surface area contributed by atoms with Gasteiger partial charge in [0.2, 0.25) is 0 Å². The molecule has 3 rings (SSSR count). The van der Waals surface area contributed by atoms with Crippen molar-refractivity contribution in [1.29, 1.82) is 0 Å². The predicted molar refractivity (Wildman–Crippen MR) is 65.2 cm³/mol. The molecular weight excluding hydrogens is 264 g/mol. The van der Waals surface area contributed by atoms with Gasteiger partial charge in [-0.3, -0.25) is 9.59 Å². The number of hydrogen-bond acceptors (Lipinski definition) is 6. The zero-order chi connectivity index (χ0) is 14.7. The van der Waals surface area contributed by atoms with Gasteiger partial charge in [-0.1, -0.05) is 6.58 Å². The van der Waals surface area contributed by atoms with E-state index in [2.05, 4.69) is 6.58 Å². The fourth-order valence-electron chi connectivity index (χ4n) is 3.84. The molecule has 5 unspecified atom stereocenters. The number of esters is 3. The van der Waals surface area contributed by atoms with E-state index in [1.165, 1.54) is 7.11 Å². The summed E-state index contributed by atoms with van der Waals surface area (Å²) in [6.07, 6.45) is -0.0509. The molecule has 0 N–H and O–H groups in total. The lowest BCUT2D eigenvalue weighted by atomic mass is 9.73. The SMILES string of the molecule is C=C(C)C(=O)OC1C2CC3C1OC(=O)C3(C(=O)OC)C2. The van der Waals surface area contributed by atoms with Crippen molar-refractivity contribution in [1.82, 2.24) is 0 Å². The van der Waals surface area contributed by atoms with Crippen molar-refractivity contribution in [2.45, 2.75) is 32.0 Å². The molecule has 6 nitrogen and oxygen atoms in total. The van der Waals surface area contributed by atoms with Gasteiger partial charge in [0.1, 0.15) is 12.2 Å². The number of carbonyl (C=O) groups excluding carboxylic acids is 3. The summed E-state index contributed by atoms with van der Waals surface area (Å²) in [5.74, 6) is -1.87. The van der Waals surface area contributed by atoms with Crippen molar-refractivity contribution in [2.75, 3.05) is 7.11 Å². The fourth-order valence-corrected chi connectivity index (χ4v) is 3.84. The summed E-state index contributed by atoms with van der Waals surface area (Å²) >= 11 is 0.